The number of nitrogens with zero attached hydrogens (tertiary/aromatic N) is 1. The van der Waals surface area contributed by atoms with Crippen LogP contribution in [-0.2, 0) is 22.8 Å². The zero-order valence-electron chi connectivity index (χ0n) is 15.1. The number of carbonyl (C=O) groups is 2. The van der Waals surface area contributed by atoms with Crippen molar-refractivity contribution in [2.45, 2.75) is 25.1 Å². The molecular weight excluding hydrogens is 434 g/mol. The SMILES string of the molecule is Cn1c(C(=O)Nc2ccc(NC(=O)C3CCCO3)cc2C(F)(F)F)cc(Cl)c1Cl. The van der Waals surface area contributed by atoms with Crippen molar-refractivity contribution >= 4 is 46.4 Å². The molecule has 0 spiro atoms. The van der Waals surface area contributed by atoms with Crippen molar-refractivity contribution in [3.8, 4) is 0 Å². The van der Waals surface area contributed by atoms with Crippen LogP contribution in [0.1, 0.15) is 28.9 Å². The molecule has 1 fully saturated rings. The third kappa shape index (κ3) is 4.68. The molecule has 1 aliphatic rings. The molecule has 1 aromatic heterocycles. The molecule has 11 heteroatoms. The first-order valence-corrected chi connectivity index (χ1v) is 9.29. The van der Waals surface area contributed by atoms with Crippen LogP contribution in [0.3, 0.4) is 0 Å². The second-order valence-electron chi connectivity index (χ2n) is 6.43. The Morgan fingerprint density at radius 3 is 2.48 bits per heavy atom. The van der Waals surface area contributed by atoms with Gasteiger partial charge >= 0.3 is 6.18 Å². The van der Waals surface area contributed by atoms with E-state index in [9.17, 15) is 22.8 Å². The minimum absolute atomic E-state index is 0.0103. The molecule has 0 radical (unpaired) electrons. The Morgan fingerprint density at radius 1 is 1.21 bits per heavy atom. The van der Waals surface area contributed by atoms with E-state index < -0.39 is 35.3 Å². The van der Waals surface area contributed by atoms with E-state index in [0.29, 0.717) is 19.4 Å². The molecule has 6 nitrogen and oxygen atoms in total. The summed E-state index contributed by atoms with van der Waals surface area (Å²) in [5.41, 5.74) is -1.64. The van der Waals surface area contributed by atoms with Crippen LogP contribution < -0.4 is 10.6 Å². The summed E-state index contributed by atoms with van der Waals surface area (Å²) in [4.78, 5) is 24.5. The van der Waals surface area contributed by atoms with Crippen LogP contribution >= 0.6 is 23.2 Å². The summed E-state index contributed by atoms with van der Waals surface area (Å²) in [6.45, 7) is 0.435. The van der Waals surface area contributed by atoms with Crippen molar-refractivity contribution in [3.05, 3.63) is 45.7 Å². The quantitative estimate of drug-likeness (QED) is 0.708. The first-order chi connectivity index (χ1) is 13.6. The Bertz CT molecular complexity index is 954. The summed E-state index contributed by atoms with van der Waals surface area (Å²) >= 11 is 11.7. The lowest BCUT2D eigenvalue weighted by molar-refractivity contribution is -0.137. The lowest BCUT2D eigenvalue weighted by Gasteiger charge is -2.17. The van der Waals surface area contributed by atoms with Crippen LogP contribution in [0.15, 0.2) is 24.3 Å². The summed E-state index contributed by atoms with van der Waals surface area (Å²) < 4.78 is 47.1. The van der Waals surface area contributed by atoms with Crippen LogP contribution in [0, 0.1) is 0 Å². The fourth-order valence-corrected chi connectivity index (χ4v) is 3.30. The number of hydrogen-bond acceptors (Lipinski definition) is 3. The van der Waals surface area contributed by atoms with Gasteiger partial charge in [-0.3, -0.25) is 9.59 Å². The van der Waals surface area contributed by atoms with E-state index >= 15 is 0 Å². The molecule has 0 bridgehead atoms. The van der Waals surface area contributed by atoms with E-state index in [-0.39, 0.29) is 21.6 Å². The van der Waals surface area contributed by atoms with E-state index in [0.717, 1.165) is 12.1 Å². The standard InChI is InChI=1S/C18H16Cl2F3N3O3/c1-26-13(8-11(19)15(26)20)16(27)25-12-5-4-9(7-10(12)18(21,22)23)24-17(28)14-3-2-6-29-14/h4-5,7-8,14H,2-3,6H2,1H3,(H,24,28)(H,25,27). The van der Waals surface area contributed by atoms with Crippen molar-refractivity contribution in [3.63, 3.8) is 0 Å². The summed E-state index contributed by atoms with van der Waals surface area (Å²) in [6.07, 6.45) is -4.23. The van der Waals surface area contributed by atoms with Gasteiger partial charge in [-0.15, -0.1) is 0 Å². The number of anilines is 2. The van der Waals surface area contributed by atoms with Gasteiger partial charge in [0.1, 0.15) is 17.0 Å². The van der Waals surface area contributed by atoms with Crippen molar-refractivity contribution in [2.24, 2.45) is 7.05 Å². The average molecular weight is 450 g/mol. The molecule has 29 heavy (non-hydrogen) atoms. The normalized spacial score (nSPS) is 16.7. The molecule has 1 aromatic carbocycles. The monoisotopic (exact) mass is 449 g/mol. The molecule has 1 atom stereocenters. The summed E-state index contributed by atoms with van der Waals surface area (Å²) in [6, 6.07) is 4.34. The first kappa shape index (κ1) is 21.5. The molecule has 3 rings (SSSR count). The molecule has 2 heterocycles. The third-order valence-corrected chi connectivity index (χ3v) is 5.25. The van der Waals surface area contributed by atoms with Gasteiger partial charge in [0.25, 0.3) is 11.8 Å². The molecule has 2 N–H and O–H groups in total. The van der Waals surface area contributed by atoms with Crippen molar-refractivity contribution in [2.75, 3.05) is 17.2 Å². The predicted octanol–water partition coefficient (Wildman–Crippen LogP) is 4.72. The van der Waals surface area contributed by atoms with E-state index in [1.807, 2.05) is 0 Å². The highest BCUT2D eigenvalue weighted by molar-refractivity contribution is 6.42. The van der Waals surface area contributed by atoms with E-state index in [1.165, 1.54) is 23.7 Å². The van der Waals surface area contributed by atoms with Crippen LogP contribution in [0.5, 0.6) is 0 Å². The largest absolute Gasteiger partial charge is 0.418 e. The van der Waals surface area contributed by atoms with Crippen LogP contribution in [0.25, 0.3) is 0 Å². The highest BCUT2D eigenvalue weighted by atomic mass is 35.5. The number of rotatable bonds is 4. The van der Waals surface area contributed by atoms with Gasteiger partial charge < -0.3 is 19.9 Å². The Balaban J connectivity index is 1.85. The molecule has 0 saturated carbocycles. The number of aromatic nitrogens is 1. The molecule has 1 saturated heterocycles. The Morgan fingerprint density at radius 2 is 1.93 bits per heavy atom. The van der Waals surface area contributed by atoms with Crippen LogP contribution in [-0.4, -0.2) is 29.1 Å². The molecule has 1 unspecified atom stereocenters. The van der Waals surface area contributed by atoms with Crippen LogP contribution in [0.2, 0.25) is 10.2 Å². The van der Waals surface area contributed by atoms with Gasteiger partial charge in [0.15, 0.2) is 0 Å². The number of alkyl halides is 3. The maximum absolute atomic E-state index is 13.5. The Hall–Kier alpha value is -2.23. The van der Waals surface area contributed by atoms with Gasteiger partial charge in [-0.25, -0.2) is 0 Å². The second kappa shape index (κ2) is 8.25. The zero-order chi connectivity index (χ0) is 21.3. The Kier molecular flexibility index (Phi) is 6.11. The van der Waals surface area contributed by atoms with Gasteiger partial charge in [-0.1, -0.05) is 23.2 Å². The molecule has 0 aliphatic carbocycles. The second-order valence-corrected chi connectivity index (χ2v) is 7.20. The molecule has 2 aromatic rings. The number of amides is 2. The van der Waals surface area contributed by atoms with Gasteiger partial charge in [-0.05, 0) is 37.1 Å². The number of benzene rings is 1. The van der Waals surface area contributed by atoms with E-state index in [2.05, 4.69) is 10.6 Å². The zero-order valence-corrected chi connectivity index (χ0v) is 16.6. The minimum atomic E-state index is -4.77. The van der Waals surface area contributed by atoms with Gasteiger partial charge in [0.05, 0.1) is 16.3 Å². The van der Waals surface area contributed by atoms with Crippen molar-refractivity contribution in [1.29, 1.82) is 0 Å². The smallest absolute Gasteiger partial charge is 0.368 e. The van der Waals surface area contributed by atoms with E-state index in [1.54, 1.807) is 0 Å². The van der Waals surface area contributed by atoms with Gasteiger partial charge in [-0.2, -0.15) is 13.2 Å². The third-order valence-electron chi connectivity index (χ3n) is 4.41. The lowest BCUT2D eigenvalue weighted by atomic mass is 10.1. The van der Waals surface area contributed by atoms with Crippen molar-refractivity contribution < 1.29 is 27.5 Å². The molecule has 1 aliphatic heterocycles. The number of carbonyl (C=O) groups excluding carboxylic acids is 2. The number of nitrogens with one attached hydrogen (secondary N) is 2. The summed E-state index contributed by atoms with van der Waals surface area (Å²) in [5, 5.41) is 4.81. The minimum Gasteiger partial charge on any atom is -0.368 e. The maximum atomic E-state index is 13.5. The highest BCUT2D eigenvalue weighted by Gasteiger charge is 2.35. The van der Waals surface area contributed by atoms with Gasteiger partial charge in [0.2, 0.25) is 0 Å². The fourth-order valence-electron chi connectivity index (χ4n) is 2.92. The van der Waals surface area contributed by atoms with Gasteiger partial charge in [0, 0.05) is 19.3 Å². The summed E-state index contributed by atoms with van der Waals surface area (Å²) in [5.74, 6) is -1.33. The maximum Gasteiger partial charge on any atom is 0.418 e. The Labute approximate surface area is 173 Å². The number of ether oxygens (including phenoxy) is 1. The average Bonchev–Trinajstić information content (AvgIpc) is 3.27. The first-order valence-electron chi connectivity index (χ1n) is 8.53. The van der Waals surface area contributed by atoms with Crippen LogP contribution in [0.4, 0.5) is 24.5 Å². The molecule has 156 valence electrons. The van der Waals surface area contributed by atoms with Crippen molar-refractivity contribution in [1.82, 2.24) is 4.57 Å². The van der Waals surface area contributed by atoms with E-state index in [4.69, 9.17) is 27.9 Å². The molecule has 2 amide bonds. The number of hydrogen-bond donors (Lipinski definition) is 2. The highest BCUT2D eigenvalue weighted by Crippen LogP contribution is 2.37. The lowest BCUT2D eigenvalue weighted by Crippen LogP contribution is -2.27. The summed E-state index contributed by atoms with van der Waals surface area (Å²) in [7, 11) is 1.46. The topological polar surface area (TPSA) is 72.4 Å². The molecular formula is C18H16Cl2F3N3O3. The fraction of sp³-hybridized carbons (Fsp3) is 0.333. The number of halogens is 5. The predicted molar refractivity (Wildman–Crippen MR) is 102 cm³/mol.